The molecule has 1 unspecified atom stereocenters. The van der Waals surface area contributed by atoms with Crippen LogP contribution in [0, 0.1) is 0 Å². The summed E-state index contributed by atoms with van der Waals surface area (Å²) in [5.41, 5.74) is 0. The van der Waals surface area contributed by atoms with Gasteiger partial charge < -0.3 is 14.6 Å². The van der Waals surface area contributed by atoms with Crippen LogP contribution in [-0.2, 0) is 7.05 Å². The Bertz CT molecular complexity index is 264. The lowest BCUT2D eigenvalue weighted by molar-refractivity contribution is 0.156. The van der Waals surface area contributed by atoms with Gasteiger partial charge in [0.05, 0.1) is 0 Å². The van der Waals surface area contributed by atoms with Crippen molar-refractivity contribution in [3.05, 3.63) is 18.3 Å². The molecule has 1 aromatic heterocycles. The Morgan fingerprint density at radius 3 is 3.15 bits per heavy atom. The molecule has 13 heavy (non-hydrogen) atoms. The van der Waals surface area contributed by atoms with E-state index in [1.54, 1.807) is 0 Å². The minimum Gasteiger partial charge on any atom is -0.474 e. The summed E-state index contributed by atoms with van der Waals surface area (Å²) >= 11 is 0. The molecule has 2 heterocycles. The van der Waals surface area contributed by atoms with E-state index in [0.29, 0.717) is 6.10 Å². The first-order valence-electron chi connectivity index (χ1n) is 4.85. The molecule has 0 spiro atoms. The van der Waals surface area contributed by atoms with E-state index in [2.05, 4.69) is 5.32 Å². The predicted molar refractivity (Wildman–Crippen MR) is 51.9 cm³/mol. The lowest BCUT2D eigenvalue weighted by Gasteiger charge is -2.23. The summed E-state index contributed by atoms with van der Waals surface area (Å²) in [6.45, 7) is 2.11. The number of aryl methyl sites for hydroxylation is 1. The van der Waals surface area contributed by atoms with Gasteiger partial charge in [0.15, 0.2) is 5.88 Å². The van der Waals surface area contributed by atoms with Crippen LogP contribution in [0.3, 0.4) is 0 Å². The van der Waals surface area contributed by atoms with Gasteiger partial charge in [-0.3, -0.25) is 0 Å². The standard InChI is InChI=1S/C10H16N2O/c1-12-7-3-5-10(12)13-9-4-2-6-11-8-9/h3,5,7,9,11H,2,4,6,8H2,1H3. The maximum Gasteiger partial charge on any atom is 0.193 e. The van der Waals surface area contributed by atoms with Crippen molar-refractivity contribution in [3.63, 3.8) is 0 Å². The average molecular weight is 180 g/mol. The normalized spacial score (nSPS) is 23.0. The molecule has 1 saturated heterocycles. The van der Waals surface area contributed by atoms with Crippen LogP contribution in [-0.4, -0.2) is 23.8 Å². The fourth-order valence-corrected chi connectivity index (χ4v) is 1.66. The molecule has 1 N–H and O–H groups in total. The van der Waals surface area contributed by atoms with Gasteiger partial charge in [-0.25, -0.2) is 0 Å². The molecule has 1 atom stereocenters. The third-order valence-electron chi connectivity index (χ3n) is 2.44. The second-order valence-electron chi connectivity index (χ2n) is 3.54. The van der Waals surface area contributed by atoms with Crippen LogP contribution in [0.15, 0.2) is 18.3 Å². The SMILES string of the molecule is Cn1cccc1OC1CCCNC1. The molecule has 1 aliphatic heterocycles. The summed E-state index contributed by atoms with van der Waals surface area (Å²) < 4.78 is 7.84. The van der Waals surface area contributed by atoms with E-state index < -0.39 is 0 Å². The van der Waals surface area contributed by atoms with E-state index in [1.807, 2.05) is 29.9 Å². The van der Waals surface area contributed by atoms with Crippen LogP contribution in [0.25, 0.3) is 0 Å². The Morgan fingerprint density at radius 2 is 2.54 bits per heavy atom. The molecule has 0 radical (unpaired) electrons. The van der Waals surface area contributed by atoms with Gasteiger partial charge in [0.1, 0.15) is 6.10 Å². The van der Waals surface area contributed by atoms with Crippen molar-refractivity contribution in [3.8, 4) is 5.88 Å². The third kappa shape index (κ3) is 2.04. The monoisotopic (exact) mass is 180 g/mol. The van der Waals surface area contributed by atoms with Crippen LogP contribution in [0.4, 0.5) is 0 Å². The molecule has 0 aromatic carbocycles. The molecule has 1 fully saturated rings. The average Bonchev–Trinajstić information content (AvgIpc) is 2.54. The highest BCUT2D eigenvalue weighted by Gasteiger charge is 2.14. The number of hydrogen-bond acceptors (Lipinski definition) is 2. The van der Waals surface area contributed by atoms with Gasteiger partial charge >= 0.3 is 0 Å². The van der Waals surface area contributed by atoms with Crippen molar-refractivity contribution in [2.24, 2.45) is 7.05 Å². The Kier molecular flexibility index (Phi) is 2.54. The third-order valence-corrected chi connectivity index (χ3v) is 2.44. The zero-order chi connectivity index (χ0) is 9.10. The molecule has 1 aromatic rings. The van der Waals surface area contributed by atoms with Crippen LogP contribution in [0.2, 0.25) is 0 Å². The fraction of sp³-hybridized carbons (Fsp3) is 0.600. The number of rotatable bonds is 2. The minimum absolute atomic E-state index is 0.349. The molecule has 0 aliphatic carbocycles. The second kappa shape index (κ2) is 3.83. The molecule has 0 saturated carbocycles. The van der Waals surface area contributed by atoms with Gasteiger partial charge in [-0.1, -0.05) is 0 Å². The van der Waals surface area contributed by atoms with Gasteiger partial charge in [0.2, 0.25) is 0 Å². The molecular formula is C10H16N2O. The van der Waals surface area contributed by atoms with Gasteiger partial charge in [0, 0.05) is 19.8 Å². The van der Waals surface area contributed by atoms with Crippen molar-refractivity contribution in [2.75, 3.05) is 13.1 Å². The van der Waals surface area contributed by atoms with E-state index in [1.165, 1.54) is 6.42 Å². The Labute approximate surface area is 78.7 Å². The fourth-order valence-electron chi connectivity index (χ4n) is 1.66. The molecule has 0 amide bonds. The van der Waals surface area contributed by atoms with Crippen molar-refractivity contribution < 1.29 is 4.74 Å². The summed E-state index contributed by atoms with van der Waals surface area (Å²) in [4.78, 5) is 0. The summed E-state index contributed by atoms with van der Waals surface area (Å²) in [7, 11) is 2.01. The van der Waals surface area contributed by atoms with E-state index in [-0.39, 0.29) is 0 Å². The van der Waals surface area contributed by atoms with Gasteiger partial charge in [-0.05, 0) is 31.5 Å². The Morgan fingerprint density at radius 1 is 1.62 bits per heavy atom. The molecule has 72 valence electrons. The van der Waals surface area contributed by atoms with E-state index in [9.17, 15) is 0 Å². The zero-order valence-corrected chi connectivity index (χ0v) is 7.99. The molecule has 3 heteroatoms. The van der Waals surface area contributed by atoms with E-state index in [0.717, 1.165) is 25.4 Å². The maximum atomic E-state index is 5.83. The second-order valence-corrected chi connectivity index (χ2v) is 3.54. The van der Waals surface area contributed by atoms with Gasteiger partial charge in [0.25, 0.3) is 0 Å². The Hall–Kier alpha value is -0.960. The number of piperidine rings is 1. The van der Waals surface area contributed by atoms with Crippen LogP contribution in [0.5, 0.6) is 5.88 Å². The number of nitrogens with zero attached hydrogens (tertiary/aromatic N) is 1. The number of ether oxygens (including phenoxy) is 1. The molecule has 3 nitrogen and oxygen atoms in total. The molecule has 1 aliphatic rings. The first kappa shape index (κ1) is 8.63. The quantitative estimate of drug-likeness (QED) is 0.739. The van der Waals surface area contributed by atoms with Crippen LogP contribution < -0.4 is 10.1 Å². The lowest BCUT2D eigenvalue weighted by atomic mass is 10.1. The smallest absolute Gasteiger partial charge is 0.193 e. The highest BCUT2D eigenvalue weighted by molar-refractivity contribution is 5.13. The predicted octanol–water partition coefficient (Wildman–Crippen LogP) is 1.16. The Balaban J connectivity index is 1.93. The van der Waals surface area contributed by atoms with Crippen molar-refractivity contribution in [2.45, 2.75) is 18.9 Å². The van der Waals surface area contributed by atoms with E-state index in [4.69, 9.17) is 4.74 Å². The lowest BCUT2D eigenvalue weighted by Crippen LogP contribution is -2.37. The maximum absolute atomic E-state index is 5.83. The molecule has 0 bridgehead atoms. The first-order chi connectivity index (χ1) is 6.36. The minimum atomic E-state index is 0.349. The van der Waals surface area contributed by atoms with Crippen LogP contribution in [0.1, 0.15) is 12.8 Å². The summed E-state index contributed by atoms with van der Waals surface area (Å²) in [6, 6.07) is 4.01. The summed E-state index contributed by atoms with van der Waals surface area (Å²) in [6.07, 6.45) is 4.74. The van der Waals surface area contributed by atoms with E-state index >= 15 is 0 Å². The summed E-state index contributed by atoms with van der Waals surface area (Å²) in [5, 5.41) is 3.33. The summed E-state index contributed by atoms with van der Waals surface area (Å²) in [5.74, 6) is 0.966. The zero-order valence-electron chi connectivity index (χ0n) is 7.99. The van der Waals surface area contributed by atoms with Crippen molar-refractivity contribution in [1.29, 1.82) is 0 Å². The molecular weight excluding hydrogens is 164 g/mol. The molecule has 2 rings (SSSR count). The first-order valence-corrected chi connectivity index (χ1v) is 4.85. The number of hydrogen-bond donors (Lipinski definition) is 1. The number of aromatic nitrogens is 1. The van der Waals surface area contributed by atoms with Crippen molar-refractivity contribution in [1.82, 2.24) is 9.88 Å². The number of nitrogens with one attached hydrogen (secondary N) is 1. The van der Waals surface area contributed by atoms with Crippen LogP contribution >= 0.6 is 0 Å². The highest BCUT2D eigenvalue weighted by atomic mass is 16.5. The van der Waals surface area contributed by atoms with Gasteiger partial charge in [-0.2, -0.15) is 0 Å². The highest BCUT2D eigenvalue weighted by Crippen LogP contribution is 2.15. The van der Waals surface area contributed by atoms with Gasteiger partial charge in [-0.15, -0.1) is 0 Å². The topological polar surface area (TPSA) is 26.2 Å². The largest absolute Gasteiger partial charge is 0.474 e. The van der Waals surface area contributed by atoms with Crippen molar-refractivity contribution >= 4 is 0 Å².